The van der Waals surface area contributed by atoms with Gasteiger partial charge in [0.1, 0.15) is 17.2 Å². The molecule has 1 saturated carbocycles. The number of imidazole rings is 1. The molecule has 208 valence electrons. The van der Waals surface area contributed by atoms with Gasteiger partial charge in [0.05, 0.1) is 0 Å². The predicted molar refractivity (Wildman–Crippen MR) is 156 cm³/mol. The van der Waals surface area contributed by atoms with Gasteiger partial charge in [-0.15, -0.1) is 0 Å². The van der Waals surface area contributed by atoms with E-state index in [1.165, 1.54) is 4.57 Å². The molecular weight excluding hydrogens is 520 g/mol. The van der Waals surface area contributed by atoms with E-state index in [-0.39, 0.29) is 23.2 Å². The second-order valence-electron chi connectivity index (χ2n) is 10.1. The van der Waals surface area contributed by atoms with Crippen molar-refractivity contribution in [3.8, 4) is 11.4 Å². The molecule has 0 bridgehead atoms. The van der Waals surface area contributed by atoms with Crippen molar-refractivity contribution >= 4 is 22.9 Å². The molecule has 41 heavy (non-hydrogen) atoms. The van der Waals surface area contributed by atoms with Crippen LogP contribution in [0, 0.1) is 0 Å². The fourth-order valence-corrected chi connectivity index (χ4v) is 4.82. The van der Waals surface area contributed by atoms with E-state index in [4.69, 9.17) is 0 Å². The van der Waals surface area contributed by atoms with Crippen LogP contribution in [0.2, 0.25) is 0 Å². The Morgan fingerprint density at radius 2 is 1.83 bits per heavy atom. The van der Waals surface area contributed by atoms with Crippen molar-refractivity contribution in [1.29, 1.82) is 0 Å². The van der Waals surface area contributed by atoms with Crippen LogP contribution in [0.1, 0.15) is 53.7 Å². The number of nitrogens with one attached hydrogen (secondary N) is 3. The number of carbonyl (C=O) groups excluding carboxylic acids is 1. The average molecular weight is 551 g/mol. The van der Waals surface area contributed by atoms with E-state index >= 15 is 0 Å². The van der Waals surface area contributed by atoms with E-state index in [9.17, 15) is 14.4 Å². The maximum atomic E-state index is 13.1. The maximum absolute atomic E-state index is 13.1. The van der Waals surface area contributed by atoms with Gasteiger partial charge >= 0.3 is 5.69 Å². The molecule has 0 spiro atoms. The first-order valence-electron chi connectivity index (χ1n) is 13.7. The molecule has 3 N–H and O–H groups in total. The van der Waals surface area contributed by atoms with E-state index in [1.54, 1.807) is 35.3 Å². The third-order valence-electron chi connectivity index (χ3n) is 7.07. The Morgan fingerprint density at radius 1 is 1.05 bits per heavy atom. The first kappa shape index (κ1) is 26.2. The largest absolute Gasteiger partial charge is 0.366 e. The van der Waals surface area contributed by atoms with Crippen molar-refractivity contribution in [3.05, 3.63) is 105 Å². The quantitative estimate of drug-likeness (QED) is 0.241. The second kappa shape index (κ2) is 11.2. The number of anilines is 1. The van der Waals surface area contributed by atoms with E-state index in [2.05, 4.69) is 30.6 Å². The summed E-state index contributed by atoms with van der Waals surface area (Å²) in [6.45, 7) is 3.45. The van der Waals surface area contributed by atoms with Crippen LogP contribution in [0.25, 0.3) is 22.6 Å². The Hall–Kier alpha value is -5.06. The summed E-state index contributed by atoms with van der Waals surface area (Å²) in [5.74, 6) is 1.03. The Morgan fingerprint density at radius 3 is 2.54 bits per heavy atom. The number of carbonyl (C=O) groups is 1. The van der Waals surface area contributed by atoms with Crippen molar-refractivity contribution in [1.82, 2.24) is 34.4 Å². The molecule has 11 nitrogen and oxygen atoms in total. The zero-order chi connectivity index (χ0) is 28.3. The normalized spacial score (nSPS) is 12.9. The van der Waals surface area contributed by atoms with Gasteiger partial charge in [0.2, 0.25) is 0 Å². The molecule has 1 fully saturated rings. The molecule has 0 radical (unpaired) electrons. The van der Waals surface area contributed by atoms with Gasteiger partial charge in [-0.25, -0.2) is 14.8 Å². The monoisotopic (exact) mass is 550 g/mol. The molecule has 1 aliphatic rings. The van der Waals surface area contributed by atoms with Crippen LogP contribution in [-0.4, -0.2) is 35.0 Å². The van der Waals surface area contributed by atoms with Gasteiger partial charge < -0.3 is 15.6 Å². The Kier molecular flexibility index (Phi) is 7.15. The van der Waals surface area contributed by atoms with Crippen LogP contribution in [0.15, 0.2) is 76.7 Å². The molecule has 4 heterocycles. The number of rotatable bonds is 10. The SMILES string of the molecule is CCCn1c(=O)n(C2CC2)c(=O)c2[nH]c(-c3ccc(NCc4cccc(CNC(=O)c5ccncc5)c4)nc3)nc21. The smallest absolute Gasteiger partial charge is 0.333 e. The molecule has 0 atom stereocenters. The number of hydrogen-bond acceptors (Lipinski definition) is 7. The van der Waals surface area contributed by atoms with E-state index in [0.29, 0.717) is 53.6 Å². The molecule has 5 aromatic rings. The molecule has 1 aliphatic carbocycles. The molecule has 0 aliphatic heterocycles. The minimum absolute atomic E-state index is 0.0206. The highest BCUT2D eigenvalue weighted by Crippen LogP contribution is 2.32. The maximum Gasteiger partial charge on any atom is 0.333 e. The number of aromatic amines is 1. The lowest BCUT2D eigenvalue weighted by molar-refractivity contribution is 0.0950. The molecule has 1 amide bonds. The van der Waals surface area contributed by atoms with Gasteiger partial charge in [-0.1, -0.05) is 31.2 Å². The summed E-state index contributed by atoms with van der Waals surface area (Å²) in [7, 11) is 0. The van der Waals surface area contributed by atoms with Crippen molar-refractivity contribution in [2.24, 2.45) is 0 Å². The topological polar surface area (TPSA) is 140 Å². The second-order valence-corrected chi connectivity index (χ2v) is 10.1. The van der Waals surface area contributed by atoms with Gasteiger partial charge in [0, 0.05) is 55.4 Å². The van der Waals surface area contributed by atoms with Crippen LogP contribution in [0.5, 0.6) is 0 Å². The lowest BCUT2D eigenvalue weighted by Crippen LogP contribution is -2.39. The number of hydrogen-bond donors (Lipinski definition) is 3. The number of fused-ring (bicyclic) bond motifs is 1. The van der Waals surface area contributed by atoms with Crippen LogP contribution >= 0.6 is 0 Å². The fraction of sp³-hybridized carbons (Fsp3) is 0.267. The van der Waals surface area contributed by atoms with E-state index in [0.717, 1.165) is 30.4 Å². The number of H-pyrrole nitrogens is 1. The highest BCUT2D eigenvalue weighted by Gasteiger charge is 2.29. The van der Waals surface area contributed by atoms with E-state index in [1.807, 2.05) is 43.3 Å². The number of nitrogens with zero attached hydrogens (tertiary/aromatic N) is 5. The third-order valence-corrected chi connectivity index (χ3v) is 7.07. The van der Waals surface area contributed by atoms with Gasteiger partial charge in [0.25, 0.3) is 11.5 Å². The average Bonchev–Trinajstić information content (AvgIpc) is 3.74. The summed E-state index contributed by atoms with van der Waals surface area (Å²) in [6.07, 6.45) is 7.32. The van der Waals surface area contributed by atoms with Crippen LogP contribution in [-0.2, 0) is 19.6 Å². The highest BCUT2D eigenvalue weighted by molar-refractivity contribution is 5.93. The van der Waals surface area contributed by atoms with Crippen molar-refractivity contribution in [2.45, 2.75) is 51.9 Å². The number of amides is 1. The highest BCUT2D eigenvalue weighted by atomic mass is 16.2. The summed E-state index contributed by atoms with van der Waals surface area (Å²) < 4.78 is 2.96. The van der Waals surface area contributed by atoms with Crippen molar-refractivity contribution in [2.75, 3.05) is 5.32 Å². The van der Waals surface area contributed by atoms with Crippen molar-refractivity contribution in [3.63, 3.8) is 0 Å². The third kappa shape index (κ3) is 5.51. The van der Waals surface area contributed by atoms with Gasteiger partial charge in [-0.05, 0) is 54.7 Å². The Bertz CT molecular complexity index is 1820. The summed E-state index contributed by atoms with van der Waals surface area (Å²) in [5.41, 5.74) is 3.44. The van der Waals surface area contributed by atoms with Gasteiger partial charge in [0.15, 0.2) is 5.65 Å². The molecule has 4 aromatic heterocycles. The van der Waals surface area contributed by atoms with Crippen LogP contribution in [0.3, 0.4) is 0 Å². The summed E-state index contributed by atoms with van der Waals surface area (Å²) >= 11 is 0. The lowest BCUT2D eigenvalue weighted by atomic mass is 10.1. The summed E-state index contributed by atoms with van der Waals surface area (Å²) in [5, 5.41) is 6.25. The fourth-order valence-electron chi connectivity index (χ4n) is 4.82. The van der Waals surface area contributed by atoms with Crippen LogP contribution in [0.4, 0.5) is 5.82 Å². The predicted octanol–water partition coefficient (Wildman–Crippen LogP) is 3.63. The standard InChI is InChI=1S/C30H30N8O3/c1-2-14-37-27-25(29(40)38(30(37)41)23-7-8-23)35-26(36-27)22-6-9-24(33-18-22)32-16-19-4-3-5-20(15-19)17-34-28(39)21-10-12-31-13-11-21/h3-6,9-13,15,18,23H,2,7-8,14,16-17H2,1H3,(H,32,33)(H,34,39)(H,35,36). The first-order chi connectivity index (χ1) is 20.0. The number of aryl methyl sites for hydroxylation is 1. The van der Waals surface area contributed by atoms with E-state index < -0.39 is 0 Å². The summed E-state index contributed by atoms with van der Waals surface area (Å²) in [6, 6.07) is 15.0. The summed E-state index contributed by atoms with van der Waals surface area (Å²) in [4.78, 5) is 54.7. The zero-order valence-electron chi connectivity index (χ0n) is 22.6. The molecule has 0 unspecified atom stereocenters. The number of pyridine rings is 2. The van der Waals surface area contributed by atoms with Gasteiger partial charge in [-0.3, -0.25) is 23.7 Å². The first-order valence-corrected chi connectivity index (χ1v) is 13.7. The molecule has 1 aromatic carbocycles. The van der Waals surface area contributed by atoms with Crippen molar-refractivity contribution < 1.29 is 4.79 Å². The molecule has 0 saturated heterocycles. The molecule has 11 heteroatoms. The minimum Gasteiger partial charge on any atom is -0.366 e. The van der Waals surface area contributed by atoms with Gasteiger partial charge in [-0.2, -0.15) is 0 Å². The number of aromatic nitrogens is 6. The Labute approximate surface area is 235 Å². The number of benzene rings is 1. The zero-order valence-corrected chi connectivity index (χ0v) is 22.6. The lowest BCUT2D eigenvalue weighted by Gasteiger charge is -2.09. The molecular formula is C30H30N8O3. The van der Waals surface area contributed by atoms with Crippen LogP contribution < -0.4 is 21.9 Å². The molecule has 6 rings (SSSR count). The Balaban J connectivity index is 1.14. The minimum atomic E-state index is -0.316.